The molecule has 2 saturated carbocycles. The van der Waals surface area contributed by atoms with Gasteiger partial charge in [0.1, 0.15) is 18.6 Å². The van der Waals surface area contributed by atoms with Gasteiger partial charge in [-0.2, -0.15) is 0 Å². The van der Waals surface area contributed by atoms with Crippen molar-refractivity contribution in [2.45, 2.75) is 90.1 Å². The van der Waals surface area contributed by atoms with Crippen molar-refractivity contribution >= 4 is 18.0 Å². The van der Waals surface area contributed by atoms with Crippen LogP contribution in [-0.2, 0) is 20.8 Å². The molecule has 5 atom stereocenters. The monoisotopic (exact) mass is 457 g/mol. The zero-order valence-electron chi connectivity index (χ0n) is 20.1. The normalized spacial score (nSPS) is 29.5. The summed E-state index contributed by atoms with van der Waals surface area (Å²) in [7, 11) is 0. The van der Waals surface area contributed by atoms with Gasteiger partial charge in [0.15, 0.2) is 5.78 Å². The van der Waals surface area contributed by atoms with Crippen LogP contribution in [0.4, 0.5) is 0 Å². The molecule has 0 aliphatic heterocycles. The first kappa shape index (κ1) is 25.4. The Kier molecular flexibility index (Phi) is 8.69. The van der Waals surface area contributed by atoms with Gasteiger partial charge in [0, 0.05) is 19.3 Å². The molecule has 1 amide bonds. The number of aldehydes is 1. The number of hydrogen-bond donors (Lipinski definition) is 2. The van der Waals surface area contributed by atoms with Crippen LogP contribution in [0.5, 0.6) is 5.75 Å². The maximum atomic E-state index is 11.7. The summed E-state index contributed by atoms with van der Waals surface area (Å²) in [5, 5.41) is 10.5. The highest BCUT2D eigenvalue weighted by Gasteiger charge is 2.54. The third-order valence-electron chi connectivity index (χ3n) is 8.09. The van der Waals surface area contributed by atoms with E-state index < -0.39 is 5.91 Å². The number of carbonyl (C=O) groups is 3. The number of Topliss-reactive ketones (excluding diaryl/α,β-unsaturated/α-hetero) is 1. The Balaban J connectivity index is 0.000000383. The zero-order valence-corrected chi connectivity index (χ0v) is 20.1. The van der Waals surface area contributed by atoms with Crippen molar-refractivity contribution in [2.75, 3.05) is 6.61 Å². The summed E-state index contributed by atoms with van der Waals surface area (Å²) >= 11 is 0. The van der Waals surface area contributed by atoms with Gasteiger partial charge < -0.3 is 20.4 Å². The van der Waals surface area contributed by atoms with Crippen molar-refractivity contribution in [3.05, 3.63) is 29.3 Å². The summed E-state index contributed by atoms with van der Waals surface area (Å²) in [5.74, 6) is 2.62. The summed E-state index contributed by atoms with van der Waals surface area (Å²) in [6.07, 6.45) is 9.29. The van der Waals surface area contributed by atoms with Crippen molar-refractivity contribution < 1.29 is 24.2 Å². The molecule has 4 rings (SSSR count). The fourth-order valence-electron chi connectivity index (χ4n) is 6.34. The summed E-state index contributed by atoms with van der Waals surface area (Å²) in [6.45, 7) is 4.54. The first-order valence-electron chi connectivity index (χ1n) is 12.5. The number of aliphatic hydroxyl groups excluding tert-OH is 1. The smallest absolute Gasteiger partial charge is 0.217 e. The molecule has 0 bridgehead atoms. The van der Waals surface area contributed by atoms with Crippen LogP contribution < -0.4 is 10.5 Å². The van der Waals surface area contributed by atoms with Gasteiger partial charge >= 0.3 is 0 Å². The topological polar surface area (TPSA) is 107 Å². The summed E-state index contributed by atoms with van der Waals surface area (Å²) in [5.41, 5.74) is 7.73. The number of nitrogens with two attached hydrogens (primary N) is 1. The van der Waals surface area contributed by atoms with E-state index in [4.69, 9.17) is 4.74 Å². The minimum absolute atomic E-state index is 0.105. The minimum atomic E-state index is -0.424. The number of fused-ring (bicyclic) bond motifs is 5. The average Bonchev–Trinajstić information content (AvgIpc) is 3.11. The maximum absolute atomic E-state index is 11.7. The number of ketones is 1. The molecule has 1 aromatic rings. The number of amides is 1. The molecule has 182 valence electrons. The number of carbonyl (C=O) groups excluding carboxylic acids is 3. The lowest BCUT2D eigenvalue weighted by atomic mass is 9.55. The van der Waals surface area contributed by atoms with Gasteiger partial charge in [-0.25, -0.2) is 0 Å². The Morgan fingerprint density at radius 2 is 2.00 bits per heavy atom. The Hall–Kier alpha value is -2.21. The Bertz CT molecular complexity index is 853. The summed E-state index contributed by atoms with van der Waals surface area (Å²) < 4.78 is 5.74. The van der Waals surface area contributed by atoms with Crippen molar-refractivity contribution in [1.82, 2.24) is 0 Å². The molecule has 0 saturated heterocycles. The molecular weight excluding hydrogens is 418 g/mol. The number of aliphatic hydroxyl groups is 1. The second-order valence-electron chi connectivity index (χ2n) is 10.2. The van der Waals surface area contributed by atoms with Crippen LogP contribution in [0, 0.1) is 17.3 Å². The SMILES string of the molecule is CCCC(=O)COc1ccc2c(c1)CCC1C2CCC2(C)C(O)CCC12.NC(=O)CCC=O. The van der Waals surface area contributed by atoms with E-state index in [1.165, 1.54) is 30.4 Å². The zero-order chi connectivity index (χ0) is 24.0. The quantitative estimate of drug-likeness (QED) is 0.572. The fraction of sp³-hybridized carbons (Fsp3) is 0.667. The molecule has 1 aromatic carbocycles. The standard InChI is InChI=1S/C23H32O3.C4H7NO2/c1-3-4-16(24)14-26-17-6-8-18-15(13-17)5-7-20-19(18)11-12-23(2)21(20)9-10-22(23)25;5-4(7)2-1-3-6/h6,8,13,19-22,25H,3-5,7,9-12,14H2,1-2H3;3H,1-2H2,(H2,5,7). The first-order chi connectivity index (χ1) is 15.8. The molecule has 5 unspecified atom stereocenters. The Morgan fingerprint density at radius 3 is 2.67 bits per heavy atom. The third-order valence-corrected chi connectivity index (χ3v) is 8.09. The van der Waals surface area contributed by atoms with E-state index in [-0.39, 0.29) is 36.8 Å². The van der Waals surface area contributed by atoms with E-state index in [0.717, 1.165) is 37.4 Å². The van der Waals surface area contributed by atoms with Gasteiger partial charge in [0.05, 0.1) is 6.10 Å². The highest BCUT2D eigenvalue weighted by molar-refractivity contribution is 5.79. The lowest BCUT2D eigenvalue weighted by molar-refractivity contribution is -0.121. The number of hydrogen-bond acceptors (Lipinski definition) is 5. The second-order valence-corrected chi connectivity index (χ2v) is 10.2. The number of benzene rings is 1. The van der Waals surface area contributed by atoms with Crippen molar-refractivity contribution in [3.63, 3.8) is 0 Å². The van der Waals surface area contributed by atoms with Gasteiger partial charge in [-0.1, -0.05) is 19.9 Å². The highest BCUT2D eigenvalue weighted by Crippen LogP contribution is 2.60. The second kappa shape index (κ2) is 11.3. The third kappa shape index (κ3) is 5.84. The van der Waals surface area contributed by atoms with Crippen LogP contribution in [0.2, 0.25) is 0 Å². The van der Waals surface area contributed by atoms with Gasteiger partial charge in [-0.15, -0.1) is 0 Å². The molecule has 3 aliphatic rings. The molecule has 0 aromatic heterocycles. The largest absolute Gasteiger partial charge is 0.486 e. The number of ether oxygens (including phenoxy) is 1. The van der Waals surface area contributed by atoms with E-state index in [9.17, 15) is 19.5 Å². The fourth-order valence-corrected chi connectivity index (χ4v) is 6.34. The molecular formula is C27H39NO5. The minimum Gasteiger partial charge on any atom is -0.486 e. The van der Waals surface area contributed by atoms with Crippen molar-refractivity contribution in [3.8, 4) is 5.75 Å². The molecule has 0 spiro atoms. The molecule has 6 nitrogen and oxygen atoms in total. The van der Waals surface area contributed by atoms with E-state index >= 15 is 0 Å². The lowest BCUT2D eigenvalue weighted by Crippen LogP contribution is -2.43. The molecule has 33 heavy (non-hydrogen) atoms. The van der Waals surface area contributed by atoms with E-state index in [1.807, 2.05) is 6.92 Å². The maximum Gasteiger partial charge on any atom is 0.217 e. The molecule has 2 fully saturated rings. The summed E-state index contributed by atoms with van der Waals surface area (Å²) in [6, 6.07) is 6.47. The molecule has 3 N–H and O–H groups in total. The Morgan fingerprint density at radius 1 is 1.21 bits per heavy atom. The van der Waals surface area contributed by atoms with Gasteiger partial charge in [-0.3, -0.25) is 9.59 Å². The predicted octanol–water partition coefficient (Wildman–Crippen LogP) is 4.10. The van der Waals surface area contributed by atoms with E-state index in [0.29, 0.717) is 24.5 Å². The van der Waals surface area contributed by atoms with Crippen molar-refractivity contribution in [1.29, 1.82) is 0 Å². The molecule has 6 heteroatoms. The average molecular weight is 458 g/mol. The van der Waals surface area contributed by atoms with Gasteiger partial charge in [0.2, 0.25) is 5.91 Å². The van der Waals surface area contributed by atoms with Gasteiger partial charge in [0.25, 0.3) is 0 Å². The van der Waals surface area contributed by atoms with Crippen LogP contribution in [0.1, 0.15) is 88.7 Å². The van der Waals surface area contributed by atoms with E-state index in [2.05, 4.69) is 30.9 Å². The van der Waals surface area contributed by atoms with Gasteiger partial charge in [-0.05, 0) is 91.4 Å². The number of aryl methyl sites for hydroxylation is 1. The van der Waals surface area contributed by atoms with Crippen LogP contribution in [0.15, 0.2) is 18.2 Å². The van der Waals surface area contributed by atoms with Crippen LogP contribution >= 0.6 is 0 Å². The number of rotatable bonds is 8. The first-order valence-corrected chi connectivity index (χ1v) is 12.5. The van der Waals surface area contributed by atoms with Crippen LogP contribution in [-0.4, -0.2) is 35.8 Å². The molecule has 3 aliphatic carbocycles. The predicted molar refractivity (Wildman–Crippen MR) is 127 cm³/mol. The number of primary amides is 1. The Labute approximate surface area is 197 Å². The molecule has 0 heterocycles. The van der Waals surface area contributed by atoms with Crippen LogP contribution in [0.3, 0.4) is 0 Å². The summed E-state index contributed by atoms with van der Waals surface area (Å²) in [4.78, 5) is 31.0. The van der Waals surface area contributed by atoms with E-state index in [1.54, 1.807) is 0 Å². The lowest BCUT2D eigenvalue weighted by Gasteiger charge is -2.50. The molecule has 0 radical (unpaired) electrons. The highest BCUT2D eigenvalue weighted by atomic mass is 16.5. The van der Waals surface area contributed by atoms with Crippen molar-refractivity contribution in [2.24, 2.45) is 23.0 Å². The van der Waals surface area contributed by atoms with Crippen LogP contribution in [0.25, 0.3) is 0 Å².